The molecule has 0 aromatic heterocycles. The molecule has 3 saturated carbocycles. The third-order valence-electron chi connectivity index (χ3n) is 9.43. The standard InChI is InChI=1S/C26H33BrO8/c1-5-33-22(31)34-13-20(30)26(32)15(2)10-19-18-7-6-16-11-17(29)8-9-23(16,3)25(18,27)21(35-14-28)12-24(19,26)4/h8-9,11,14-15,18-19,21,32H,5-7,10,12-13H2,1-4H3/t15-,18+,19+,21+,23+,24+,25+,26+/m1/s1. The second kappa shape index (κ2) is 8.83. The molecule has 0 aromatic rings. The minimum absolute atomic E-state index is 0.0542. The van der Waals surface area contributed by atoms with Crippen LogP contribution in [-0.4, -0.2) is 58.5 Å². The van der Waals surface area contributed by atoms with Gasteiger partial charge in [-0.15, -0.1) is 0 Å². The molecule has 35 heavy (non-hydrogen) atoms. The van der Waals surface area contributed by atoms with Crippen LogP contribution in [-0.2, 0) is 28.6 Å². The summed E-state index contributed by atoms with van der Waals surface area (Å²) in [5.41, 5.74) is -2.30. The van der Waals surface area contributed by atoms with Crippen molar-refractivity contribution >= 4 is 40.1 Å². The van der Waals surface area contributed by atoms with E-state index in [2.05, 4.69) is 22.9 Å². The Balaban J connectivity index is 1.74. The summed E-state index contributed by atoms with van der Waals surface area (Å²) in [7, 11) is 0. The highest BCUT2D eigenvalue weighted by atomic mass is 79.9. The molecule has 8 nitrogen and oxygen atoms in total. The molecule has 0 aliphatic heterocycles. The molecular formula is C26H33BrO8. The number of fused-ring (bicyclic) bond motifs is 5. The average Bonchev–Trinajstić information content (AvgIpc) is 3.01. The van der Waals surface area contributed by atoms with Gasteiger partial charge in [0.05, 0.1) is 10.9 Å². The first-order chi connectivity index (χ1) is 16.4. The van der Waals surface area contributed by atoms with Crippen molar-refractivity contribution in [1.29, 1.82) is 0 Å². The number of hydrogen-bond donors (Lipinski definition) is 1. The largest absolute Gasteiger partial charge is 0.508 e. The molecule has 8 atom stereocenters. The normalized spacial score (nSPS) is 43.8. The summed E-state index contributed by atoms with van der Waals surface area (Å²) in [5.74, 6) is -1.18. The minimum atomic E-state index is -1.78. The summed E-state index contributed by atoms with van der Waals surface area (Å²) in [4.78, 5) is 48.9. The number of ether oxygens (including phenoxy) is 3. The fraction of sp³-hybridized carbons (Fsp3) is 0.692. The number of allylic oxidation sites excluding steroid dienone is 4. The van der Waals surface area contributed by atoms with E-state index in [4.69, 9.17) is 14.2 Å². The summed E-state index contributed by atoms with van der Waals surface area (Å²) >= 11 is 4.04. The predicted molar refractivity (Wildman–Crippen MR) is 129 cm³/mol. The number of rotatable bonds is 6. The molecule has 192 valence electrons. The Hall–Kier alpha value is -2.00. The zero-order chi connectivity index (χ0) is 25.8. The van der Waals surface area contributed by atoms with Crippen molar-refractivity contribution in [3.8, 4) is 0 Å². The Kier molecular flexibility index (Phi) is 6.58. The van der Waals surface area contributed by atoms with Gasteiger partial charge in [0.1, 0.15) is 11.7 Å². The van der Waals surface area contributed by atoms with Crippen LogP contribution >= 0.6 is 15.9 Å². The molecule has 4 rings (SSSR count). The molecule has 0 unspecified atom stereocenters. The fourth-order valence-corrected chi connectivity index (χ4v) is 8.92. The zero-order valence-corrected chi connectivity index (χ0v) is 22.1. The first kappa shape index (κ1) is 26.1. The van der Waals surface area contributed by atoms with Gasteiger partial charge in [0.15, 0.2) is 12.4 Å². The molecule has 9 heteroatoms. The Morgan fingerprint density at radius 1 is 1.26 bits per heavy atom. The molecule has 4 aliphatic rings. The molecule has 0 saturated heterocycles. The third kappa shape index (κ3) is 3.48. The summed E-state index contributed by atoms with van der Waals surface area (Å²) in [6.07, 6.45) is 5.73. The number of Topliss-reactive ketones (excluding diaryl/α,β-unsaturated/α-hetero) is 1. The number of ketones is 2. The number of carbonyl (C=O) groups is 4. The lowest BCUT2D eigenvalue weighted by molar-refractivity contribution is -0.184. The summed E-state index contributed by atoms with van der Waals surface area (Å²) in [6.45, 7) is 7.33. The summed E-state index contributed by atoms with van der Waals surface area (Å²) in [6, 6.07) is 0. The van der Waals surface area contributed by atoms with Crippen LogP contribution in [0.5, 0.6) is 0 Å². The molecule has 0 aromatic carbocycles. The van der Waals surface area contributed by atoms with E-state index in [1.165, 1.54) is 0 Å². The molecule has 0 heterocycles. The molecule has 1 N–H and O–H groups in total. The monoisotopic (exact) mass is 552 g/mol. The van der Waals surface area contributed by atoms with Gasteiger partial charge >= 0.3 is 6.16 Å². The van der Waals surface area contributed by atoms with Crippen LogP contribution in [0.2, 0.25) is 0 Å². The topological polar surface area (TPSA) is 116 Å². The van der Waals surface area contributed by atoms with Gasteiger partial charge in [-0.05, 0) is 62.5 Å². The minimum Gasteiger partial charge on any atom is -0.463 e. The van der Waals surface area contributed by atoms with E-state index in [-0.39, 0.29) is 30.6 Å². The van der Waals surface area contributed by atoms with Crippen molar-refractivity contribution in [3.63, 3.8) is 0 Å². The van der Waals surface area contributed by atoms with Crippen LogP contribution in [0.4, 0.5) is 4.79 Å². The van der Waals surface area contributed by atoms with E-state index < -0.39 is 51.3 Å². The zero-order valence-electron chi connectivity index (χ0n) is 20.5. The summed E-state index contributed by atoms with van der Waals surface area (Å²) in [5, 5.41) is 12.0. The SMILES string of the molecule is CCOC(=O)OCC(=O)[C@@]1(O)[C@H](C)C[C@H]2[C@@H]3CCC4=CC(=O)C=C[C@]4(C)[C@@]3(Br)[C@@H](OC=O)C[C@@]21C. The van der Waals surface area contributed by atoms with Gasteiger partial charge in [-0.3, -0.25) is 14.4 Å². The number of alkyl halides is 1. The first-order valence-electron chi connectivity index (χ1n) is 12.2. The Bertz CT molecular complexity index is 1010. The van der Waals surface area contributed by atoms with Crippen molar-refractivity contribution in [2.45, 2.75) is 69.4 Å². The molecule has 0 spiro atoms. The molecular weight excluding hydrogens is 520 g/mol. The van der Waals surface area contributed by atoms with Crippen LogP contribution in [0.1, 0.15) is 53.4 Å². The van der Waals surface area contributed by atoms with Crippen LogP contribution in [0.25, 0.3) is 0 Å². The fourth-order valence-electron chi connectivity index (χ4n) is 7.71. The van der Waals surface area contributed by atoms with Gasteiger partial charge in [0.25, 0.3) is 6.47 Å². The Morgan fingerprint density at radius 2 is 1.97 bits per heavy atom. The van der Waals surface area contributed by atoms with Crippen molar-refractivity contribution in [2.24, 2.45) is 28.6 Å². The number of halogens is 1. The van der Waals surface area contributed by atoms with Crippen LogP contribution in [0.3, 0.4) is 0 Å². The number of aliphatic hydroxyl groups is 1. The van der Waals surface area contributed by atoms with Crippen molar-refractivity contribution in [2.75, 3.05) is 13.2 Å². The van der Waals surface area contributed by atoms with Crippen molar-refractivity contribution in [1.82, 2.24) is 0 Å². The quantitative estimate of drug-likeness (QED) is 0.301. The van der Waals surface area contributed by atoms with E-state index >= 15 is 0 Å². The van der Waals surface area contributed by atoms with Crippen LogP contribution in [0, 0.1) is 28.6 Å². The maximum absolute atomic E-state index is 13.4. The van der Waals surface area contributed by atoms with Crippen LogP contribution in [0.15, 0.2) is 23.8 Å². The molecule has 4 aliphatic carbocycles. The van der Waals surface area contributed by atoms with Crippen LogP contribution < -0.4 is 0 Å². The van der Waals surface area contributed by atoms with E-state index in [9.17, 15) is 24.3 Å². The molecule has 3 fully saturated rings. The maximum Gasteiger partial charge on any atom is 0.508 e. The lowest BCUT2D eigenvalue weighted by atomic mass is 9.46. The second-order valence-corrected chi connectivity index (χ2v) is 12.1. The Morgan fingerprint density at radius 3 is 2.63 bits per heavy atom. The number of hydrogen-bond acceptors (Lipinski definition) is 8. The van der Waals surface area contributed by atoms with Gasteiger partial charge in [0.2, 0.25) is 5.78 Å². The van der Waals surface area contributed by atoms with Gasteiger partial charge < -0.3 is 19.3 Å². The van der Waals surface area contributed by atoms with E-state index in [1.807, 2.05) is 19.9 Å². The van der Waals surface area contributed by atoms with Crippen molar-refractivity contribution in [3.05, 3.63) is 23.8 Å². The van der Waals surface area contributed by atoms with Gasteiger partial charge in [-0.25, -0.2) is 4.79 Å². The highest BCUT2D eigenvalue weighted by Crippen LogP contribution is 2.72. The Labute approximate surface area is 213 Å². The van der Waals surface area contributed by atoms with Gasteiger partial charge in [-0.2, -0.15) is 0 Å². The molecule has 0 amide bonds. The average molecular weight is 553 g/mol. The van der Waals surface area contributed by atoms with Gasteiger partial charge in [0, 0.05) is 10.8 Å². The van der Waals surface area contributed by atoms with E-state index in [0.717, 1.165) is 5.57 Å². The van der Waals surface area contributed by atoms with E-state index in [1.54, 1.807) is 19.1 Å². The highest BCUT2D eigenvalue weighted by Gasteiger charge is 2.75. The summed E-state index contributed by atoms with van der Waals surface area (Å²) < 4.78 is 14.7. The second-order valence-electron chi connectivity index (χ2n) is 10.8. The molecule has 0 bridgehead atoms. The smallest absolute Gasteiger partial charge is 0.463 e. The highest BCUT2D eigenvalue weighted by molar-refractivity contribution is 9.10. The number of carbonyl (C=O) groups excluding carboxylic acids is 4. The van der Waals surface area contributed by atoms with E-state index in [0.29, 0.717) is 25.7 Å². The molecule has 0 radical (unpaired) electrons. The van der Waals surface area contributed by atoms with Crippen molar-refractivity contribution < 1.29 is 38.5 Å². The third-order valence-corrected chi connectivity index (χ3v) is 11.3. The van der Waals surface area contributed by atoms with Gasteiger partial charge in [-0.1, -0.05) is 48.4 Å². The maximum atomic E-state index is 13.4. The lowest BCUT2D eigenvalue weighted by Crippen LogP contribution is -2.69. The predicted octanol–water partition coefficient (Wildman–Crippen LogP) is 3.68. The first-order valence-corrected chi connectivity index (χ1v) is 13.0. The lowest BCUT2D eigenvalue weighted by Gasteiger charge is -2.64.